The largest absolute Gasteiger partial charge is 0.355 e. The number of hydrogen-bond acceptors (Lipinski definition) is 2. The Bertz CT molecular complexity index is 763. The Kier molecular flexibility index (Phi) is 6.83. The molecule has 2 aromatic carbocycles. The number of likely N-dealkylation sites (N-methyl/N-ethyl adjacent to an activating group) is 1. The summed E-state index contributed by atoms with van der Waals surface area (Å²) in [6.45, 7) is 3.98. The minimum absolute atomic E-state index is 0.131. The molecule has 0 aromatic heterocycles. The number of carbonyl (C=O) groups excluding carboxylic acids is 2. The molecule has 0 unspecified atom stereocenters. The predicted octanol–water partition coefficient (Wildman–Crippen LogP) is 3.06. The molecule has 0 bridgehead atoms. The van der Waals surface area contributed by atoms with Crippen molar-refractivity contribution in [3.05, 3.63) is 71.3 Å². The van der Waals surface area contributed by atoms with Gasteiger partial charge in [0, 0.05) is 13.1 Å². The Morgan fingerprint density at radius 1 is 1.08 bits per heavy atom. The summed E-state index contributed by atoms with van der Waals surface area (Å²) in [6, 6.07) is 11.0. The molecular weight excluding hydrogens is 338 g/mol. The molecule has 0 aliphatic carbocycles. The van der Waals surface area contributed by atoms with E-state index < -0.39 is 11.9 Å². The van der Waals surface area contributed by atoms with Crippen molar-refractivity contribution in [3.8, 4) is 0 Å². The summed E-state index contributed by atoms with van der Waals surface area (Å²) in [5.41, 5.74) is 0.953. The number of nitrogens with one attached hydrogen (secondary N) is 1. The molecule has 26 heavy (non-hydrogen) atoms. The first-order valence-electron chi connectivity index (χ1n) is 8.47. The fourth-order valence-corrected chi connectivity index (χ4v) is 2.60. The van der Waals surface area contributed by atoms with E-state index in [1.54, 1.807) is 44.2 Å². The van der Waals surface area contributed by atoms with Crippen molar-refractivity contribution in [2.45, 2.75) is 32.9 Å². The second kappa shape index (κ2) is 9.08. The van der Waals surface area contributed by atoms with E-state index in [9.17, 15) is 18.4 Å². The lowest BCUT2D eigenvalue weighted by Crippen LogP contribution is -2.48. The van der Waals surface area contributed by atoms with E-state index in [2.05, 4.69) is 5.32 Å². The fourth-order valence-electron chi connectivity index (χ4n) is 2.60. The second-order valence-electron chi connectivity index (χ2n) is 5.99. The van der Waals surface area contributed by atoms with Crippen molar-refractivity contribution in [1.29, 1.82) is 0 Å². The first-order valence-corrected chi connectivity index (χ1v) is 8.47. The SMILES string of the molecule is CCNC(=O)[C@@H](C)N(Cc1ccc(F)cc1)C(=O)Cc1ccccc1F. The average Bonchev–Trinajstić information content (AvgIpc) is 2.62. The lowest BCUT2D eigenvalue weighted by atomic mass is 10.1. The molecule has 0 heterocycles. The van der Waals surface area contributed by atoms with Crippen LogP contribution in [0.25, 0.3) is 0 Å². The van der Waals surface area contributed by atoms with Crippen molar-refractivity contribution in [1.82, 2.24) is 10.2 Å². The topological polar surface area (TPSA) is 49.4 Å². The van der Waals surface area contributed by atoms with E-state index in [-0.39, 0.29) is 36.2 Å². The van der Waals surface area contributed by atoms with Crippen LogP contribution in [-0.4, -0.2) is 29.3 Å². The van der Waals surface area contributed by atoms with E-state index in [1.165, 1.54) is 23.1 Å². The summed E-state index contributed by atoms with van der Waals surface area (Å²) in [5.74, 6) is -1.52. The number of hydrogen-bond donors (Lipinski definition) is 1. The zero-order valence-electron chi connectivity index (χ0n) is 14.8. The van der Waals surface area contributed by atoms with Crippen molar-refractivity contribution >= 4 is 11.8 Å². The fraction of sp³-hybridized carbons (Fsp3) is 0.300. The van der Waals surface area contributed by atoms with Crippen molar-refractivity contribution in [3.63, 3.8) is 0 Å². The van der Waals surface area contributed by atoms with Crippen LogP contribution >= 0.6 is 0 Å². The molecule has 2 rings (SSSR count). The van der Waals surface area contributed by atoms with E-state index >= 15 is 0 Å². The number of carbonyl (C=O) groups is 2. The van der Waals surface area contributed by atoms with E-state index in [1.807, 2.05) is 0 Å². The molecular formula is C20H22F2N2O2. The Balaban J connectivity index is 2.23. The summed E-state index contributed by atoms with van der Waals surface area (Å²) in [5, 5.41) is 2.68. The summed E-state index contributed by atoms with van der Waals surface area (Å²) >= 11 is 0. The summed E-state index contributed by atoms with van der Waals surface area (Å²) in [7, 11) is 0. The highest BCUT2D eigenvalue weighted by molar-refractivity contribution is 5.88. The molecule has 2 aromatic rings. The van der Waals surface area contributed by atoms with Gasteiger partial charge in [0.2, 0.25) is 11.8 Å². The van der Waals surface area contributed by atoms with Gasteiger partial charge in [-0.15, -0.1) is 0 Å². The van der Waals surface area contributed by atoms with Gasteiger partial charge in [0.05, 0.1) is 6.42 Å². The van der Waals surface area contributed by atoms with Crippen LogP contribution in [0.4, 0.5) is 8.78 Å². The number of benzene rings is 2. The Morgan fingerprint density at radius 3 is 2.35 bits per heavy atom. The molecule has 0 saturated heterocycles. The number of halogens is 2. The highest BCUT2D eigenvalue weighted by atomic mass is 19.1. The smallest absolute Gasteiger partial charge is 0.242 e. The first kappa shape index (κ1) is 19.6. The highest BCUT2D eigenvalue weighted by Crippen LogP contribution is 2.14. The molecule has 1 atom stereocenters. The number of nitrogens with zero attached hydrogens (tertiary/aromatic N) is 1. The molecule has 2 amide bonds. The van der Waals surface area contributed by atoms with Gasteiger partial charge in [0.1, 0.15) is 17.7 Å². The maximum atomic E-state index is 13.9. The average molecular weight is 360 g/mol. The van der Waals surface area contributed by atoms with Gasteiger partial charge in [-0.25, -0.2) is 8.78 Å². The van der Waals surface area contributed by atoms with Gasteiger partial charge >= 0.3 is 0 Å². The van der Waals surface area contributed by atoms with Gasteiger partial charge in [-0.2, -0.15) is 0 Å². The predicted molar refractivity (Wildman–Crippen MR) is 95.2 cm³/mol. The third-order valence-corrected chi connectivity index (χ3v) is 4.08. The van der Waals surface area contributed by atoms with E-state index in [0.29, 0.717) is 12.1 Å². The molecule has 6 heteroatoms. The standard InChI is InChI=1S/C20H22F2N2O2/c1-3-23-20(26)14(2)24(13-15-8-10-17(21)11-9-15)19(25)12-16-6-4-5-7-18(16)22/h4-11,14H,3,12-13H2,1-2H3,(H,23,26)/t14-/m1/s1. The van der Waals surface area contributed by atoms with Gasteiger partial charge < -0.3 is 10.2 Å². The van der Waals surface area contributed by atoms with Crippen LogP contribution in [-0.2, 0) is 22.6 Å². The van der Waals surface area contributed by atoms with Gasteiger partial charge in [-0.1, -0.05) is 30.3 Å². The second-order valence-corrected chi connectivity index (χ2v) is 5.99. The summed E-state index contributed by atoms with van der Waals surface area (Å²) in [6.07, 6.45) is -0.155. The van der Waals surface area contributed by atoms with Crippen LogP contribution in [0, 0.1) is 11.6 Å². The molecule has 0 aliphatic rings. The number of amides is 2. The van der Waals surface area contributed by atoms with Crippen LogP contribution in [0.3, 0.4) is 0 Å². The van der Waals surface area contributed by atoms with Gasteiger partial charge in [0.25, 0.3) is 0 Å². The maximum absolute atomic E-state index is 13.9. The van der Waals surface area contributed by atoms with Gasteiger partial charge in [-0.3, -0.25) is 9.59 Å². The highest BCUT2D eigenvalue weighted by Gasteiger charge is 2.26. The normalized spacial score (nSPS) is 11.7. The lowest BCUT2D eigenvalue weighted by molar-refractivity contribution is -0.140. The molecule has 0 spiro atoms. The van der Waals surface area contributed by atoms with Crippen LogP contribution in [0.2, 0.25) is 0 Å². The third-order valence-electron chi connectivity index (χ3n) is 4.08. The quantitative estimate of drug-likeness (QED) is 0.825. The monoisotopic (exact) mass is 360 g/mol. The van der Waals surface area contributed by atoms with E-state index in [4.69, 9.17) is 0 Å². The maximum Gasteiger partial charge on any atom is 0.242 e. The molecule has 0 radical (unpaired) electrons. The number of rotatable bonds is 7. The van der Waals surface area contributed by atoms with Gasteiger partial charge in [0.15, 0.2) is 0 Å². The molecule has 138 valence electrons. The summed E-state index contributed by atoms with van der Waals surface area (Å²) < 4.78 is 27.0. The molecule has 0 fully saturated rings. The molecule has 0 aliphatic heterocycles. The van der Waals surface area contributed by atoms with Crippen molar-refractivity contribution in [2.24, 2.45) is 0 Å². The Labute approximate surface area is 151 Å². The Morgan fingerprint density at radius 2 is 1.73 bits per heavy atom. The zero-order valence-corrected chi connectivity index (χ0v) is 14.8. The van der Waals surface area contributed by atoms with E-state index in [0.717, 1.165) is 0 Å². The van der Waals surface area contributed by atoms with Crippen LogP contribution in [0.5, 0.6) is 0 Å². The lowest BCUT2D eigenvalue weighted by Gasteiger charge is -2.29. The minimum atomic E-state index is -0.737. The summed E-state index contributed by atoms with van der Waals surface area (Å²) in [4.78, 5) is 26.4. The van der Waals surface area contributed by atoms with Crippen LogP contribution < -0.4 is 5.32 Å². The Hall–Kier alpha value is -2.76. The molecule has 1 N–H and O–H groups in total. The third kappa shape index (κ3) is 5.12. The van der Waals surface area contributed by atoms with Crippen molar-refractivity contribution < 1.29 is 18.4 Å². The molecule has 0 saturated carbocycles. The van der Waals surface area contributed by atoms with Gasteiger partial charge in [-0.05, 0) is 43.2 Å². The minimum Gasteiger partial charge on any atom is -0.355 e. The molecule has 4 nitrogen and oxygen atoms in total. The van der Waals surface area contributed by atoms with Crippen LogP contribution in [0.15, 0.2) is 48.5 Å². The zero-order chi connectivity index (χ0) is 19.1. The first-order chi connectivity index (χ1) is 12.4. The van der Waals surface area contributed by atoms with Crippen LogP contribution in [0.1, 0.15) is 25.0 Å². The van der Waals surface area contributed by atoms with Crippen molar-refractivity contribution in [2.75, 3.05) is 6.54 Å².